The lowest BCUT2D eigenvalue weighted by Crippen LogP contribution is -2.43. The Morgan fingerprint density at radius 3 is 2.55 bits per heavy atom. The fourth-order valence-electron chi connectivity index (χ4n) is 1.94. The molecule has 1 aliphatic rings. The Morgan fingerprint density at radius 1 is 1.32 bits per heavy atom. The van der Waals surface area contributed by atoms with E-state index in [0.29, 0.717) is 11.1 Å². The first-order chi connectivity index (χ1) is 10.0. The van der Waals surface area contributed by atoms with Gasteiger partial charge in [-0.2, -0.15) is 0 Å². The van der Waals surface area contributed by atoms with Gasteiger partial charge in [0.1, 0.15) is 0 Å². The molecule has 0 unspecified atom stereocenters. The number of carbonyl (C=O) groups is 2. The van der Waals surface area contributed by atoms with Gasteiger partial charge in [-0.1, -0.05) is 37.0 Å². The molecule has 6 nitrogen and oxygen atoms in total. The largest absolute Gasteiger partial charge is 0.291 e. The molecule has 2 N–H and O–H groups in total. The van der Waals surface area contributed by atoms with Crippen molar-refractivity contribution in [3.8, 4) is 0 Å². The van der Waals surface area contributed by atoms with Crippen molar-refractivity contribution in [2.45, 2.75) is 29.5 Å². The summed E-state index contributed by atoms with van der Waals surface area (Å²) in [5.74, 6) is -1.27. The first-order valence-corrected chi connectivity index (χ1v) is 8.66. The second-order valence-electron chi connectivity index (χ2n) is 5.28. The van der Waals surface area contributed by atoms with Crippen LogP contribution in [0.2, 0.25) is 0 Å². The van der Waals surface area contributed by atoms with Crippen LogP contribution in [0.25, 0.3) is 0 Å². The van der Waals surface area contributed by atoms with Crippen LogP contribution in [0.5, 0.6) is 0 Å². The minimum absolute atomic E-state index is 0.0337. The number of nitrogens with one attached hydrogen (secondary N) is 2. The minimum Gasteiger partial charge on any atom is -0.291 e. The first kappa shape index (κ1) is 17.2. The van der Waals surface area contributed by atoms with E-state index in [9.17, 15) is 18.0 Å². The molecule has 1 aromatic rings. The summed E-state index contributed by atoms with van der Waals surface area (Å²) in [6.45, 7) is 3.26. The van der Waals surface area contributed by atoms with E-state index in [4.69, 9.17) is 23.2 Å². The SMILES string of the molecule is CC(C)C(=O)NNS(=O)(=O)c1ccc2c(c1)CC(Cl)(Cl)C2=O. The summed E-state index contributed by atoms with van der Waals surface area (Å²) in [6.07, 6.45) is 0.0337. The van der Waals surface area contributed by atoms with Gasteiger partial charge in [0.05, 0.1) is 4.90 Å². The van der Waals surface area contributed by atoms with E-state index in [1.165, 1.54) is 18.2 Å². The molecule has 0 atom stereocenters. The lowest BCUT2D eigenvalue weighted by Gasteiger charge is -2.10. The van der Waals surface area contributed by atoms with Gasteiger partial charge in [0, 0.05) is 17.9 Å². The molecule has 1 amide bonds. The number of ketones is 1. The molecule has 0 aromatic heterocycles. The number of rotatable bonds is 4. The van der Waals surface area contributed by atoms with E-state index in [0.717, 1.165) is 0 Å². The van der Waals surface area contributed by atoms with Crippen molar-refractivity contribution in [3.63, 3.8) is 0 Å². The summed E-state index contributed by atoms with van der Waals surface area (Å²) in [5.41, 5.74) is 2.87. The van der Waals surface area contributed by atoms with Gasteiger partial charge in [0.15, 0.2) is 10.1 Å². The lowest BCUT2D eigenvalue weighted by molar-refractivity contribution is -0.124. The van der Waals surface area contributed by atoms with Gasteiger partial charge in [0.25, 0.3) is 10.0 Å². The van der Waals surface area contributed by atoms with Gasteiger partial charge < -0.3 is 0 Å². The molecular formula is C13H14Cl2N2O4S. The molecule has 9 heteroatoms. The number of halogens is 2. The van der Waals surface area contributed by atoms with Gasteiger partial charge in [-0.25, -0.2) is 8.42 Å². The quantitative estimate of drug-likeness (QED) is 0.626. The predicted octanol–water partition coefficient (Wildman–Crippen LogP) is 1.56. The number of fused-ring (bicyclic) bond motifs is 1. The normalized spacial score (nSPS) is 16.7. The number of carbonyl (C=O) groups excluding carboxylic acids is 2. The second-order valence-corrected chi connectivity index (χ2v) is 8.45. The Morgan fingerprint density at radius 2 is 1.95 bits per heavy atom. The van der Waals surface area contributed by atoms with Crippen molar-refractivity contribution in [1.29, 1.82) is 0 Å². The topological polar surface area (TPSA) is 92.3 Å². The summed E-state index contributed by atoms with van der Waals surface area (Å²) in [6, 6.07) is 3.95. The molecule has 120 valence electrons. The Balaban J connectivity index is 2.25. The smallest absolute Gasteiger partial charge is 0.257 e. The van der Waals surface area contributed by atoms with Crippen LogP contribution in [0.1, 0.15) is 29.8 Å². The fourth-order valence-corrected chi connectivity index (χ4v) is 3.33. The third-order valence-electron chi connectivity index (χ3n) is 3.21. The molecular weight excluding hydrogens is 351 g/mol. The van der Waals surface area contributed by atoms with Crippen LogP contribution in [0.4, 0.5) is 0 Å². The minimum atomic E-state index is -3.94. The molecule has 0 aliphatic heterocycles. The van der Waals surface area contributed by atoms with Crippen LogP contribution in [0.3, 0.4) is 0 Å². The Hall–Kier alpha value is -1.15. The molecule has 22 heavy (non-hydrogen) atoms. The number of benzene rings is 1. The van der Waals surface area contributed by atoms with Gasteiger partial charge >= 0.3 is 0 Å². The van der Waals surface area contributed by atoms with Crippen molar-refractivity contribution in [2.75, 3.05) is 0 Å². The van der Waals surface area contributed by atoms with Crippen molar-refractivity contribution >= 4 is 44.9 Å². The van der Waals surface area contributed by atoms with Gasteiger partial charge in [-0.3, -0.25) is 15.0 Å². The number of amides is 1. The zero-order chi connectivity index (χ0) is 16.7. The Labute approximate surface area is 138 Å². The summed E-state index contributed by atoms with van der Waals surface area (Å²) in [5, 5.41) is 0. The summed E-state index contributed by atoms with van der Waals surface area (Å²) >= 11 is 11.8. The number of alkyl halides is 2. The van der Waals surface area contributed by atoms with Crippen LogP contribution in [-0.4, -0.2) is 24.4 Å². The van der Waals surface area contributed by atoms with Crippen LogP contribution >= 0.6 is 23.2 Å². The zero-order valence-electron chi connectivity index (χ0n) is 11.8. The first-order valence-electron chi connectivity index (χ1n) is 6.42. The molecule has 1 aliphatic carbocycles. The highest BCUT2D eigenvalue weighted by atomic mass is 35.5. The van der Waals surface area contributed by atoms with E-state index in [1.807, 2.05) is 4.83 Å². The van der Waals surface area contributed by atoms with Crippen molar-refractivity contribution in [1.82, 2.24) is 10.3 Å². The number of hydrogen-bond donors (Lipinski definition) is 2. The molecule has 0 saturated carbocycles. The van der Waals surface area contributed by atoms with Crippen molar-refractivity contribution in [2.24, 2.45) is 5.92 Å². The maximum Gasteiger partial charge on any atom is 0.257 e. The van der Waals surface area contributed by atoms with Gasteiger partial charge in [0.2, 0.25) is 5.91 Å². The molecule has 1 aromatic carbocycles. The Bertz CT molecular complexity index is 744. The summed E-state index contributed by atoms with van der Waals surface area (Å²) in [4.78, 5) is 25.2. The molecule has 2 rings (SSSR count). The molecule has 0 radical (unpaired) electrons. The number of Topliss-reactive ketones (excluding diaryl/α,β-unsaturated/α-hetero) is 1. The van der Waals surface area contributed by atoms with Crippen LogP contribution in [0.15, 0.2) is 23.1 Å². The van der Waals surface area contributed by atoms with E-state index in [1.54, 1.807) is 13.8 Å². The maximum atomic E-state index is 12.1. The van der Waals surface area contributed by atoms with Crippen molar-refractivity contribution < 1.29 is 18.0 Å². The summed E-state index contributed by atoms with van der Waals surface area (Å²) in [7, 11) is -3.94. The van der Waals surface area contributed by atoms with E-state index < -0.39 is 26.0 Å². The summed E-state index contributed by atoms with van der Waals surface area (Å²) < 4.78 is 22.7. The van der Waals surface area contributed by atoms with Crippen LogP contribution in [0, 0.1) is 5.92 Å². The predicted molar refractivity (Wildman–Crippen MR) is 82.2 cm³/mol. The van der Waals surface area contributed by atoms with Crippen molar-refractivity contribution in [3.05, 3.63) is 29.3 Å². The van der Waals surface area contributed by atoms with Crippen LogP contribution < -0.4 is 10.3 Å². The second kappa shape index (κ2) is 5.81. The van der Waals surface area contributed by atoms with E-state index >= 15 is 0 Å². The standard InChI is InChI=1S/C13H14Cl2N2O4S/c1-7(2)12(19)16-17-22(20,21)9-3-4-10-8(5-9)6-13(14,15)11(10)18/h3-5,7,17H,6H2,1-2H3,(H,16,19). The molecule has 0 heterocycles. The monoisotopic (exact) mass is 364 g/mol. The fraction of sp³-hybridized carbons (Fsp3) is 0.385. The van der Waals surface area contributed by atoms with E-state index in [2.05, 4.69) is 5.43 Å². The van der Waals surface area contributed by atoms with Gasteiger partial charge in [-0.15, -0.1) is 4.83 Å². The van der Waals surface area contributed by atoms with Gasteiger partial charge in [-0.05, 0) is 23.8 Å². The van der Waals surface area contributed by atoms with E-state index in [-0.39, 0.29) is 17.2 Å². The molecule has 0 fully saturated rings. The third-order valence-corrected chi connectivity index (χ3v) is 5.07. The molecule has 0 bridgehead atoms. The average Bonchev–Trinajstić information content (AvgIpc) is 2.65. The Kier molecular flexibility index (Phi) is 4.54. The average molecular weight is 365 g/mol. The molecule has 0 saturated heterocycles. The molecule has 0 spiro atoms. The highest BCUT2D eigenvalue weighted by Crippen LogP contribution is 2.38. The zero-order valence-corrected chi connectivity index (χ0v) is 14.1. The lowest BCUT2D eigenvalue weighted by atomic mass is 10.1. The maximum absolute atomic E-state index is 12.1. The number of sulfonamides is 1. The third kappa shape index (κ3) is 3.27. The number of hydrogen-bond acceptors (Lipinski definition) is 4. The highest BCUT2D eigenvalue weighted by molar-refractivity contribution is 7.89. The number of hydrazine groups is 1. The highest BCUT2D eigenvalue weighted by Gasteiger charge is 2.42. The van der Waals surface area contributed by atoms with Crippen LogP contribution in [-0.2, 0) is 21.2 Å².